The number of rotatable bonds is 1. The Morgan fingerprint density at radius 2 is 1.43 bits per heavy atom. The van der Waals surface area contributed by atoms with Crippen molar-refractivity contribution in [2.24, 2.45) is 0 Å². The Morgan fingerprint density at radius 1 is 1.00 bits per heavy atom. The zero-order valence-corrected chi connectivity index (χ0v) is 6.70. The summed E-state index contributed by atoms with van der Waals surface area (Å²) >= 11 is 0. The van der Waals surface area contributed by atoms with Crippen LogP contribution in [0.2, 0.25) is 0 Å². The van der Waals surface area contributed by atoms with Gasteiger partial charge in [0, 0.05) is 0 Å². The number of anilines is 1. The van der Waals surface area contributed by atoms with Crippen molar-refractivity contribution in [1.29, 1.82) is 0 Å². The van der Waals surface area contributed by atoms with Crippen LogP contribution in [0.1, 0.15) is 10.4 Å². The Balaban J connectivity index is 3.68. The quantitative estimate of drug-likeness (QED) is 0.300. The summed E-state index contributed by atoms with van der Waals surface area (Å²) in [6, 6.07) is 0. The first-order valence-corrected chi connectivity index (χ1v) is 3.35. The van der Waals surface area contributed by atoms with E-state index in [-0.39, 0.29) is 0 Å². The Morgan fingerprint density at radius 3 is 1.86 bits per heavy atom. The number of amides is 1. The average molecular weight is 209 g/mol. The van der Waals surface area contributed by atoms with Gasteiger partial charge in [-0.15, -0.1) is 0 Å². The van der Waals surface area contributed by atoms with Gasteiger partial charge in [-0.1, -0.05) is 0 Å². The van der Waals surface area contributed by atoms with E-state index in [1.165, 1.54) is 0 Å². The highest BCUT2D eigenvalue weighted by atomic mass is 19.2. The van der Waals surface area contributed by atoms with Gasteiger partial charge in [0.2, 0.25) is 0 Å². The molecule has 0 aliphatic heterocycles. The largest absolute Gasteiger partial charge is 0.395 e. The van der Waals surface area contributed by atoms with Gasteiger partial charge in [-0.3, -0.25) is 5.73 Å². The van der Waals surface area contributed by atoms with Crippen molar-refractivity contribution in [3.63, 3.8) is 0 Å². The molecule has 14 heavy (non-hydrogen) atoms. The van der Waals surface area contributed by atoms with Gasteiger partial charge in [0.05, 0.1) is 5.69 Å². The second-order valence-electron chi connectivity index (χ2n) is 2.47. The van der Waals surface area contributed by atoms with Crippen LogP contribution in [-0.4, -0.2) is 5.91 Å². The van der Waals surface area contributed by atoms with Crippen LogP contribution >= 0.6 is 0 Å². The summed E-state index contributed by atoms with van der Waals surface area (Å²) in [7, 11) is 0. The van der Waals surface area contributed by atoms with E-state index in [9.17, 15) is 22.4 Å². The molecule has 0 spiro atoms. The number of nitrogens with two attached hydrogens (primary N) is 1. The maximum Gasteiger partial charge on any atom is 0.346 e. The minimum atomic E-state index is -2.08. The predicted molar refractivity (Wildman–Crippen MR) is 37.9 cm³/mol. The predicted octanol–water partition coefficient (Wildman–Crippen LogP) is 0.207. The number of carbonyl (C=O) groups excluding carboxylic acids is 1. The van der Waals surface area contributed by atoms with Crippen molar-refractivity contribution in [3.8, 4) is 0 Å². The fourth-order valence-electron chi connectivity index (χ4n) is 0.921. The Hall–Kier alpha value is -1.63. The summed E-state index contributed by atoms with van der Waals surface area (Å²) < 4.78 is 50.6. The minimum Gasteiger partial charge on any atom is -0.395 e. The van der Waals surface area contributed by atoms with Gasteiger partial charge in [-0.05, 0) is 0 Å². The highest BCUT2D eigenvalue weighted by Gasteiger charge is 2.28. The monoisotopic (exact) mass is 209 g/mol. The molecule has 1 rings (SSSR count). The third-order valence-corrected chi connectivity index (χ3v) is 1.58. The summed E-state index contributed by atoms with van der Waals surface area (Å²) in [5.74, 6) is -8.98. The van der Waals surface area contributed by atoms with Crippen LogP contribution < -0.4 is 11.5 Å². The van der Waals surface area contributed by atoms with Crippen LogP contribution in [0, 0.1) is 23.3 Å². The van der Waals surface area contributed by atoms with Gasteiger partial charge in [0.1, 0.15) is 5.56 Å². The standard InChI is InChI=1S/C7H4F4N2O/c8-2-1(7(13)14)6(12)5(11)4(10)3(2)9/h12H2,(H2,13,14)/p+1. The van der Waals surface area contributed by atoms with Gasteiger partial charge in [-0.2, -0.15) is 0 Å². The van der Waals surface area contributed by atoms with Crippen LogP contribution in [0.3, 0.4) is 0 Å². The molecule has 76 valence electrons. The van der Waals surface area contributed by atoms with Crippen molar-refractivity contribution < 1.29 is 28.1 Å². The number of quaternary nitrogens is 1. The number of hydrogen-bond acceptors (Lipinski definition) is 2. The lowest BCUT2D eigenvalue weighted by molar-refractivity contribution is -0.255. The van der Waals surface area contributed by atoms with Gasteiger partial charge in [-0.25, -0.2) is 22.4 Å². The zero-order chi connectivity index (χ0) is 11.0. The number of benzene rings is 1. The molecule has 0 bridgehead atoms. The average Bonchev–Trinajstić information content (AvgIpc) is 2.11. The van der Waals surface area contributed by atoms with Gasteiger partial charge < -0.3 is 5.73 Å². The summed E-state index contributed by atoms with van der Waals surface area (Å²) in [5.41, 5.74) is 5.44. The fraction of sp³-hybridized carbons (Fsp3) is 0. The van der Waals surface area contributed by atoms with Crippen LogP contribution in [0.15, 0.2) is 0 Å². The maximum absolute atomic E-state index is 12.8. The number of nitrogen functional groups attached to an aromatic ring is 1. The van der Waals surface area contributed by atoms with E-state index in [1.54, 1.807) is 0 Å². The maximum atomic E-state index is 12.8. The number of hydrogen-bond donors (Lipinski definition) is 2. The molecule has 1 amide bonds. The molecule has 0 unspecified atom stereocenters. The molecule has 5 N–H and O–H groups in total. The molecule has 0 saturated heterocycles. The van der Waals surface area contributed by atoms with E-state index >= 15 is 0 Å². The minimum absolute atomic E-state index is 1.08. The van der Waals surface area contributed by atoms with Crippen LogP contribution in [0.5, 0.6) is 0 Å². The molecular formula is C7H5F4N2O+. The van der Waals surface area contributed by atoms with Gasteiger partial charge in [0.25, 0.3) is 0 Å². The Labute approximate surface area is 75.3 Å². The van der Waals surface area contributed by atoms with E-state index in [2.05, 4.69) is 5.73 Å². The molecule has 1 aromatic rings. The molecule has 0 saturated carbocycles. The third kappa shape index (κ3) is 1.31. The summed E-state index contributed by atoms with van der Waals surface area (Å²) in [6.45, 7) is 0. The fourth-order valence-corrected chi connectivity index (χ4v) is 0.921. The second-order valence-corrected chi connectivity index (χ2v) is 2.47. The molecule has 1 aromatic carbocycles. The van der Waals surface area contributed by atoms with Crippen molar-refractivity contribution in [2.75, 3.05) is 5.73 Å². The molecule has 7 heteroatoms. The molecule has 0 aliphatic rings. The summed E-state index contributed by atoms with van der Waals surface area (Å²) in [6.07, 6.45) is 0. The van der Waals surface area contributed by atoms with E-state index in [0.717, 1.165) is 0 Å². The second kappa shape index (κ2) is 3.26. The van der Waals surface area contributed by atoms with E-state index in [4.69, 9.17) is 5.73 Å². The van der Waals surface area contributed by atoms with Crippen molar-refractivity contribution in [1.82, 2.24) is 0 Å². The SMILES string of the molecule is Nc1c(F)c(F)c(F)c(F)c1C([NH3+])=O. The summed E-state index contributed by atoms with van der Waals surface area (Å²) in [5, 5.41) is 0. The van der Waals surface area contributed by atoms with Gasteiger partial charge in [0.15, 0.2) is 23.3 Å². The molecule has 0 fully saturated rings. The lowest BCUT2D eigenvalue weighted by Gasteiger charge is -2.04. The molecule has 3 nitrogen and oxygen atoms in total. The first-order valence-electron chi connectivity index (χ1n) is 3.35. The summed E-state index contributed by atoms with van der Waals surface area (Å²) in [4.78, 5) is 10.6. The normalized spacial score (nSPS) is 10.4. The lowest BCUT2D eigenvalue weighted by Crippen LogP contribution is -2.57. The van der Waals surface area contributed by atoms with Crippen molar-refractivity contribution >= 4 is 11.6 Å². The molecule has 0 radical (unpaired) electrons. The zero-order valence-electron chi connectivity index (χ0n) is 6.70. The van der Waals surface area contributed by atoms with E-state index in [0.29, 0.717) is 0 Å². The van der Waals surface area contributed by atoms with E-state index < -0.39 is 40.4 Å². The molecule has 0 aromatic heterocycles. The first-order chi connectivity index (χ1) is 6.37. The third-order valence-electron chi connectivity index (χ3n) is 1.58. The lowest BCUT2D eigenvalue weighted by atomic mass is 10.1. The number of halogens is 4. The van der Waals surface area contributed by atoms with Crippen LogP contribution in [0.25, 0.3) is 0 Å². The Kier molecular flexibility index (Phi) is 2.43. The van der Waals surface area contributed by atoms with Gasteiger partial charge >= 0.3 is 5.91 Å². The molecule has 0 aliphatic carbocycles. The van der Waals surface area contributed by atoms with Crippen molar-refractivity contribution in [3.05, 3.63) is 28.8 Å². The molecular weight excluding hydrogens is 204 g/mol. The first kappa shape index (κ1) is 10.5. The van der Waals surface area contributed by atoms with E-state index in [1.807, 2.05) is 0 Å². The highest BCUT2D eigenvalue weighted by molar-refractivity contribution is 5.92. The number of carbonyl (C=O) groups is 1. The Bertz CT molecular complexity index is 390. The molecule has 0 heterocycles. The van der Waals surface area contributed by atoms with Crippen LogP contribution in [0.4, 0.5) is 23.2 Å². The van der Waals surface area contributed by atoms with Crippen molar-refractivity contribution in [2.45, 2.75) is 0 Å². The van der Waals surface area contributed by atoms with Crippen LogP contribution in [-0.2, 0) is 0 Å². The topological polar surface area (TPSA) is 70.7 Å². The highest BCUT2D eigenvalue weighted by Crippen LogP contribution is 2.25. The smallest absolute Gasteiger partial charge is 0.346 e. The molecule has 0 atom stereocenters.